The van der Waals surface area contributed by atoms with E-state index in [0.29, 0.717) is 25.9 Å². The first-order valence-electron chi connectivity index (χ1n) is 6.57. The summed E-state index contributed by atoms with van der Waals surface area (Å²) in [5, 5.41) is 0. The van der Waals surface area contributed by atoms with Crippen molar-refractivity contribution in [1.82, 2.24) is 9.03 Å². The summed E-state index contributed by atoms with van der Waals surface area (Å²) in [4.78, 5) is 0.123. The van der Waals surface area contributed by atoms with E-state index in [9.17, 15) is 16.8 Å². The van der Waals surface area contributed by atoms with E-state index < -0.39 is 20.0 Å². The molecule has 1 aliphatic heterocycles. The Hall–Kier alpha value is -0.710. The van der Waals surface area contributed by atoms with Crippen molar-refractivity contribution in [3.63, 3.8) is 0 Å². The van der Waals surface area contributed by atoms with Gasteiger partial charge in [0.1, 0.15) is 0 Å². The lowest BCUT2D eigenvalue weighted by Gasteiger charge is -2.29. The average Bonchev–Trinajstić information content (AvgIpc) is 2.48. The molecular formula is C12H20ClN3O4S2. The fourth-order valence-electron chi connectivity index (χ4n) is 2.17. The Morgan fingerprint density at radius 3 is 1.95 bits per heavy atom. The van der Waals surface area contributed by atoms with Crippen LogP contribution in [0.4, 0.5) is 0 Å². The number of nitrogens with one attached hydrogen (secondary N) is 1. The molecule has 1 aromatic carbocycles. The van der Waals surface area contributed by atoms with Gasteiger partial charge in [-0.2, -0.15) is 4.31 Å². The average molecular weight is 370 g/mol. The predicted octanol–water partition coefficient (Wildman–Crippen LogP) is 0.128. The van der Waals surface area contributed by atoms with Crippen molar-refractivity contribution in [2.24, 2.45) is 5.73 Å². The van der Waals surface area contributed by atoms with Gasteiger partial charge < -0.3 is 5.73 Å². The van der Waals surface area contributed by atoms with E-state index in [1.165, 1.54) is 35.6 Å². The van der Waals surface area contributed by atoms with Gasteiger partial charge in [-0.25, -0.2) is 21.6 Å². The predicted molar refractivity (Wildman–Crippen MR) is 85.9 cm³/mol. The molecule has 1 heterocycles. The largest absolute Gasteiger partial charge is 0.328 e. The van der Waals surface area contributed by atoms with Crippen molar-refractivity contribution >= 4 is 32.5 Å². The Kier molecular flexibility index (Phi) is 6.36. The molecule has 1 saturated heterocycles. The summed E-state index contributed by atoms with van der Waals surface area (Å²) in [6.45, 7) is 0.778. The molecule has 10 heteroatoms. The Labute approximate surface area is 137 Å². The third kappa shape index (κ3) is 3.98. The van der Waals surface area contributed by atoms with Gasteiger partial charge in [-0.15, -0.1) is 12.4 Å². The molecular weight excluding hydrogens is 350 g/mol. The van der Waals surface area contributed by atoms with E-state index in [0.717, 1.165) is 0 Å². The first-order valence-corrected chi connectivity index (χ1v) is 9.49. The number of rotatable bonds is 4. The van der Waals surface area contributed by atoms with Gasteiger partial charge in [-0.05, 0) is 44.2 Å². The molecule has 0 bridgehead atoms. The monoisotopic (exact) mass is 369 g/mol. The highest BCUT2D eigenvalue weighted by atomic mass is 35.5. The minimum absolute atomic E-state index is 0. The van der Waals surface area contributed by atoms with Crippen molar-refractivity contribution in [1.29, 1.82) is 0 Å². The number of hydrogen-bond donors (Lipinski definition) is 2. The maximum absolute atomic E-state index is 12.4. The van der Waals surface area contributed by atoms with Crippen LogP contribution < -0.4 is 10.5 Å². The standard InChI is InChI=1S/C12H19N3O4S2.ClH/c1-14-20(16,17)11-2-4-12(5-3-11)21(18,19)15-8-6-10(13)7-9-15;/h2-5,10,14H,6-9,13H2,1H3;1H. The highest BCUT2D eigenvalue weighted by Crippen LogP contribution is 2.21. The SMILES string of the molecule is CNS(=O)(=O)c1ccc(S(=O)(=O)N2CCC(N)CC2)cc1.Cl. The number of halogens is 1. The molecule has 126 valence electrons. The van der Waals surface area contributed by atoms with Gasteiger partial charge in [0.2, 0.25) is 20.0 Å². The van der Waals surface area contributed by atoms with Crippen molar-refractivity contribution in [3.05, 3.63) is 24.3 Å². The highest BCUT2D eigenvalue weighted by molar-refractivity contribution is 7.89. The summed E-state index contributed by atoms with van der Waals surface area (Å²) in [6, 6.07) is 5.24. The van der Waals surface area contributed by atoms with Gasteiger partial charge in [0.15, 0.2) is 0 Å². The van der Waals surface area contributed by atoms with Crippen LogP contribution in [0, 0.1) is 0 Å². The molecule has 0 spiro atoms. The van der Waals surface area contributed by atoms with Gasteiger partial charge in [0.25, 0.3) is 0 Å². The number of benzene rings is 1. The summed E-state index contributed by atoms with van der Waals surface area (Å²) < 4.78 is 51.7. The van der Waals surface area contributed by atoms with Crippen LogP contribution in [0.1, 0.15) is 12.8 Å². The summed E-state index contributed by atoms with van der Waals surface area (Å²) in [5.41, 5.74) is 5.77. The molecule has 1 aromatic rings. The molecule has 0 radical (unpaired) electrons. The molecule has 0 unspecified atom stereocenters. The smallest absolute Gasteiger partial charge is 0.243 e. The van der Waals surface area contributed by atoms with Crippen molar-refractivity contribution in [2.45, 2.75) is 28.7 Å². The zero-order valence-corrected chi connectivity index (χ0v) is 14.5. The maximum Gasteiger partial charge on any atom is 0.243 e. The van der Waals surface area contributed by atoms with Crippen LogP contribution in [-0.4, -0.2) is 47.3 Å². The van der Waals surface area contributed by atoms with Crippen molar-refractivity contribution in [3.8, 4) is 0 Å². The van der Waals surface area contributed by atoms with Crippen LogP contribution in [0.5, 0.6) is 0 Å². The summed E-state index contributed by atoms with van der Waals surface area (Å²) in [7, 11) is -5.86. The number of hydrogen-bond acceptors (Lipinski definition) is 5. The highest BCUT2D eigenvalue weighted by Gasteiger charge is 2.28. The van der Waals surface area contributed by atoms with E-state index in [2.05, 4.69) is 4.72 Å². The van der Waals surface area contributed by atoms with Gasteiger partial charge in [0.05, 0.1) is 9.79 Å². The molecule has 0 amide bonds. The minimum atomic E-state index is -3.59. The van der Waals surface area contributed by atoms with Gasteiger partial charge in [-0.3, -0.25) is 0 Å². The fourth-order valence-corrected chi connectivity index (χ4v) is 4.37. The van der Waals surface area contributed by atoms with Crippen molar-refractivity contribution in [2.75, 3.05) is 20.1 Å². The normalized spacial score (nSPS) is 17.9. The summed E-state index contributed by atoms with van der Waals surface area (Å²) in [5.74, 6) is 0. The molecule has 0 aromatic heterocycles. The van der Waals surface area contributed by atoms with Crippen LogP contribution in [0.2, 0.25) is 0 Å². The molecule has 1 aliphatic rings. The Morgan fingerprint density at radius 2 is 1.50 bits per heavy atom. The molecule has 0 atom stereocenters. The van der Waals surface area contributed by atoms with E-state index >= 15 is 0 Å². The second kappa shape index (κ2) is 7.24. The third-order valence-electron chi connectivity index (χ3n) is 3.54. The molecule has 3 N–H and O–H groups in total. The Morgan fingerprint density at radius 1 is 1.05 bits per heavy atom. The van der Waals surface area contributed by atoms with Gasteiger partial charge in [0, 0.05) is 19.1 Å². The van der Waals surface area contributed by atoms with Crippen LogP contribution in [0.3, 0.4) is 0 Å². The first-order chi connectivity index (χ1) is 9.77. The Balaban J connectivity index is 0.00000242. The molecule has 1 fully saturated rings. The zero-order valence-electron chi connectivity index (χ0n) is 12.1. The lowest BCUT2D eigenvalue weighted by atomic mass is 10.1. The van der Waals surface area contributed by atoms with Gasteiger partial charge in [-0.1, -0.05) is 0 Å². The van der Waals surface area contributed by atoms with Crippen LogP contribution in [0.15, 0.2) is 34.1 Å². The van der Waals surface area contributed by atoms with E-state index in [1.54, 1.807) is 0 Å². The maximum atomic E-state index is 12.4. The lowest BCUT2D eigenvalue weighted by Crippen LogP contribution is -2.42. The zero-order chi connectivity index (χ0) is 15.7. The van der Waals surface area contributed by atoms with E-state index in [4.69, 9.17) is 5.73 Å². The second-order valence-corrected chi connectivity index (χ2v) is 8.74. The molecule has 2 rings (SSSR count). The topological polar surface area (TPSA) is 110 Å². The third-order valence-corrected chi connectivity index (χ3v) is 6.88. The number of nitrogens with zero attached hydrogens (tertiary/aromatic N) is 1. The molecule has 7 nitrogen and oxygen atoms in total. The second-order valence-electron chi connectivity index (χ2n) is 4.92. The fraction of sp³-hybridized carbons (Fsp3) is 0.500. The van der Waals surface area contributed by atoms with Crippen molar-refractivity contribution < 1.29 is 16.8 Å². The molecule has 0 aliphatic carbocycles. The van der Waals surface area contributed by atoms with E-state index in [1.807, 2.05) is 0 Å². The summed E-state index contributed by atoms with van der Waals surface area (Å²) in [6.07, 6.45) is 1.26. The Bertz CT molecular complexity index is 696. The minimum Gasteiger partial charge on any atom is -0.328 e. The van der Waals surface area contributed by atoms with E-state index in [-0.39, 0.29) is 28.2 Å². The van der Waals surface area contributed by atoms with Crippen LogP contribution in [-0.2, 0) is 20.0 Å². The van der Waals surface area contributed by atoms with Crippen LogP contribution in [0.25, 0.3) is 0 Å². The number of sulfonamides is 2. The molecule has 22 heavy (non-hydrogen) atoms. The first kappa shape index (κ1) is 19.3. The summed E-state index contributed by atoms with van der Waals surface area (Å²) >= 11 is 0. The lowest BCUT2D eigenvalue weighted by molar-refractivity contribution is 0.320. The van der Waals surface area contributed by atoms with Crippen LogP contribution >= 0.6 is 12.4 Å². The van der Waals surface area contributed by atoms with Gasteiger partial charge >= 0.3 is 0 Å². The quantitative estimate of drug-likeness (QED) is 0.783. The number of nitrogens with two attached hydrogens (primary N) is 1. The molecule has 0 saturated carbocycles. The number of piperidine rings is 1.